The number of anilines is 1. The van der Waals surface area contributed by atoms with E-state index in [0.29, 0.717) is 11.0 Å². The molecular weight excluding hydrogens is 452 g/mol. The first-order chi connectivity index (χ1) is 16.4. The molecule has 0 radical (unpaired) electrons. The molecule has 1 aliphatic carbocycles. The molecule has 8 heteroatoms. The molecule has 1 aliphatic heterocycles. The average Bonchev–Trinajstić information content (AvgIpc) is 2.85. The SMILES string of the molecule is COC1CCCN(c2ncc(Cl)c(C3=CCC(Oc4ccc(C(C)NC(C)=O)cc4)CC3)n2)C1. The van der Waals surface area contributed by atoms with E-state index in [-0.39, 0.29) is 24.2 Å². The number of ether oxygens (including phenoxy) is 2. The number of halogens is 1. The zero-order valence-electron chi connectivity index (χ0n) is 20.1. The van der Waals surface area contributed by atoms with Gasteiger partial charge in [-0.15, -0.1) is 0 Å². The lowest BCUT2D eigenvalue weighted by atomic mass is 9.94. The van der Waals surface area contributed by atoms with E-state index >= 15 is 0 Å². The fourth-order valence-electron chi connectivity index (χ4n) is 4.60. The van der Waals surface area contributed by atoms with Crippen LogP contribution in [0.25, 0.3) is 5.57 Å². The molecule has 0 bridgehead atoms. The molecule has 34 heavy (non-hydrogen) atoms. The standard InChI is InChI=1S/C26H33ClN4O3/c1-17(29-18(2)32)19-6-10-21(11-7-19)34-22-12-8-20(9-13-22)25-24(27)15-28-26(30-25)31-14-4-5-23(16-31)33-3/h6-8,10-11,15,17,22-23H,4-5,9,12-14,16H2,1-3H3,(H,29,32). The number of nitrogens with zero attached hydrogens (tertiary/aromatic N) is 3. The lowest BCUT2D eigenvalue weighted by molar-refractivity contribution is -0.119. The monoisotopic (exact) mass is 484 g/mol. The average molecular weight is 485 g/mol. The van der Waals surface area contributed by atoms with Crippen molar-refractivity contribution in [3.63, 3.8) is 0 Å². The second-order valence-electron chi connectivity index (χ2n) is 9.05. The van der Waals surface area contributed by atoms with Gasteiger partial charge >= 0.3 is 0 Å². The van der Waals surface area contributed by atoms with Crippen LogP contribution in [-0.2, 0) is 9.53 Å². The summed E-state index contributed by atoms with van der Waals surface area (Å²) in [5.74, 6) is 1.51. The van der Waals surface area contributed by atoms with Gasteiger partial charge in [-0.3, -0.25) is 4.79 Å². The summed E-state index contributed by atoms with van der Waals surface area (Å²) >= 11 is 6.50. The molecule has 2 aliphatic rings. The highest BCUT2D eigenvalue weighted by molar-refractivity contribution is 6.32. The van der Waals surface area contributed by atoms with Gasteiger partial charge in [0, 0.05) is 33.5 Å². The minimum atomic E-state index is -0.0383. The molecule has 1 fully saturated rings. The van der Waals surface area contributed by atoms with Crippen LogP contribution in [0.2, 0.25) is 5.02 Å². The zero-order valence-corrected chi connectivity index (χ0v) is 20.8. The normalized spacial score (nSPS) is 21.5. The molecule has 0 spiro atoms. The fourth-order valence-corrected chi connectivity index (χ4v) is 4.81. The number of aromatic nitrogens is 2. The van der Waals surface area contributed by atoms with Crippen LogP contribution in [0.1, 0.15) is 63.3 Å². The number of carbonyl (C=O) groups is 1. The Hall–Kier alpha value is -2.64. The van der Waals surface area contributed by atoms with Crippen LogP contribution in [0.3, 0.4) is 0 Å². The number of benzene rings is 1. The molecule has 1 aromatic carbocycles. The van der Waals surface area contributed by atoms with Crippen molar-refractivity contribution in [2.45, 2.75) is 64.2 Å². The van der Waals surface area contributed by atoms with Gasteiger partial charge < -0.3 is 19.7 Å². The highest BCUT2D eigenvalue weighted by atomic mass is 35.5. The Balaban J connectivity index is 1.39. The summed E-state index contributed by atoms with van der Waals surface area (Å²) in [6, 6.07) is 7.90. The van der Waals surface area contributed by atoms with Crippen molar-refractivity contribution in [3.05, 3.63) is 52.8 Å². The number of nitrogens with one attached hydrogen (secondary N) is 1. The Morgan fingerprint density at radius 3 is 2.71 bits per heavy atom. The molecule has 1 aromatic heterocycles. The lowest BCUT2D eigenvalue weighted by Gasteiger charge is -2.32. The molecule has 4 rings (SSSR count). The predicted molar refractivity (Wildman–Crippen MR) is 134 cm³/mol. The molecule has 3 unspecified atom stereocenters. The molecule has 2 aromatic rings. The summed E-state index contributed by atoms with van der Waals surface area (Å²) in [4.78, 5) is 22.8. The number of methoxy groups -OCH3 is 1. The van der Waals surface area contributed by atoms with Crippen molar-refractivity contribution >= 4 is 29.0 Å². The Kier molecular flexibility index (Phi) is 8.06. The van der Waals surface area contributed by atoms with Crippen LogP contribution in [0, 0.1) is 0 Å². The molecule has 0 saturated carbocycles. The molecule has 1 amide bonds. The van der Waals surface area contributed by atoms with Crippen molar-refractivity contribution in [2.24, 2.45) is 0 Å². The van der Waals surface area contributed by atoms with Gasteiger partial charge in [0.25, 0.3) is 0 Å². The van der Waals surface area contributed by atoms with Crippen molar-refractivity contribution in [3.8, 4) is 5.75 Å². The van der Waals surface area contributed by atoms with E-state index in [4.69, 9.17) is 26.1 Å². The number of rotatable bonds is 7. The van der Waals surface area contributed by atoms with Gasteiger partial charge in [-0.1, -0.05) is 29.8 Å². The zero-order chi connectivity index (χ0) is 24.1. The molecule has 2 heterocycles. The summed E-state index contributed by atoms with van der Waals surface area (Å²) in [6.07, 6.45) is 8.88. The highest BCUT2D eigenvalue weighted by Gasteiger charge is 2.24. The minimum absolute atomic E-state index is 0.0282. The van der Waals surface area contributed by atoms with Crippen LogP contribution in [-0.4, -0.2) is 48.3 Å². The topological polar surface area (TPSA) is 76.6 Å². The molecule has 1 saturated heterocycles. The van der Waals surface area contributed by atoms with E-state index in [9.17, 15) is 4.79 Å². The predicted octanol–water partition coefficient (Wildman–Crippen LogP) is 4.96. The summed E-state index contributed by atoms with van der Waals surface area (Å²) in [6.45, 7) is 5.22. The van der Waals surface area contributed by atoms with E-state index < -0.39 is 0 Å². The molecule has 182 valence electrons. The molecule has 7 nitrogen and oxygen atoms in total. The van der Waals surface area contributed by atoms with E-state index in [2.05, 4.69) is 21.3 Å². The number of piperidine rings is 1. The van der Waals surface area contributed by atoms with Gasteiger partial charge in [-0.25, -0.2) is 9.97 Å². The summed E-state index contributed by atoms with van der Waals surface area (Å²) in [5, 5.41) is 3.48. The number of allylic oxidation sites excluding steroid dienone is 1. The Bertz CT molecular complexity index is 1030. The third-order valence-electron chi connectivity index (χ3n) is 6.50. The number of carbonyl (C=O) groups excluding carboxylic acids is 1. The molecular formula is C26H33ClN4O3. The van der Waals surface area contributed by atoms with Crippen LogP contribution >= 0.6 is 11.6 Å². The van der Waals surface area contributed by atoms with Gasteiger partial charge in [-0.2, -0.15) is 0 Å². The lowest BCUT2D eigenvalue weighted by Crippen LogP contribution is -2.40. The summed E-state index contributed by atoms with van der Waals surface area (Å²) in [7, 11) is 1.76. The molecule has 3 atom stereocenters. The van der Waals surface area contributed by atoms with Gasteiger partial charge in [-0.05, 0) is 55.9 Å². The second kappa shape index (κ2) is 11.2. The Morgan fingerprint density at radius 2 is 2.03 bits per heavy atom. The molecule has 1 N–H and O–H groups in total. The van der Waals surface area contributed by atoms with Crippen LogP contribution in [0.5, 0.6) is 5.75 Å². The van der Waals surface area contributed by atoms with E-state index in [1.165, 1.54) is 6.92 Å². The maximum absolute atomic E-state index is 11.3. The van der Waals surface area contributed by atoms with Crippen molar-refractivity contribution in [1.82, 2.24) is 15.3 Å². The minimum Gasteiger partial charge on any atom is -0.490 e. The number of amides is 1. The summed E-state index contributed by atoms with van der Waals surface area (Å²) < 4.78 is 11.8. The Labute approximate surface area is 206 Å². The van der Waals surface area contributed by atoms with E-state index in [1.807, 2.05) is 31.2 Å². The van der Waals surface area contributed by atoms with Crippen molar-refractivity contribution in [1.29, 1.82) is 0 Å². The van der Waals surface area contributed by atoms with E-state index in [0.717, 1.165) is 67.8 Å². The third kappa shape index (κ3) is 6.07. The summed E-state index contributed by atoms with van der Waals surface area (Å²) in [5.41, 5.74) is 3.02. The number of hydrogen-bond donors (Lipinski definition) is 1. The van der Waals surface area contributed by atoms with Crippen LogP contribution in [0.15, 0.2) is 36.5 Å². The van der Waals surface area contributed by atoms with Gasteiger partial charge in [0.05, 0.1) is 29.1 Å². The smallest absolute Gasteiger partial charge is 0.226 e. The first-order valence-electron chi connectivity index (χ1n) is 12.0. The van der Waals surface area contributed by atoms with E-state index in [1.54, 1.807) is 13.3 Å². The van der Waals surface area contributed by atoms with Crippen LogP contribution in [0.4, 0.5) is 5.95 Å². The van der Waals surface area contributed by atoms with Crippen LogP contribution < -0.4 is 15.0 Å². The maximum atomic E-state index is 11.3. The number of hydrogen-bond acceptors (Lipinski definition) is 6. The highest BCUT2D eigenvalue weighted by Crippen LogP contribution is 2.33. The van der Waals surface area contributed by atoms with Crippen molar-refractivity contribution < 1.29 is 14.3 Å². The fraction of sp³-hybridized carbons (Fsp3) is 0.500. The Morgan fingerprint density at radius 1 is 1.24 bits per heavy atom. The quantitative estimate of drug-likeness (QED) is 0.598. The van der Waals surface area contributed by atoms with Gasteiger partial charge in [0.15, 0.2) is 0 Å². The first-order valence-corrected chi connectivity index (χ1v) is 12.3. The largest absolute Gasteiger partial charge is 0.490 e. The maximum Gasteiger partial charge on any atom is 0.226 e. The second-order valence-corrected chi connectivity index (χ2v) is 9.45. The van der Waals surface area contributed by atoms with Gasteiger partial charge in [0.1, 0.15) is 11.9 Å². The first kappa shape index (κ1) is 24.5. The van der Waals surface area contributed by atoms with Gasteiger partial charge in [0.2, 0.25) is 11.9 Å². The third-order valence-corrected chi connectivity index (χ3v) is 6.77. The van der Waals surface area contributed by atoms with Crippen molar-refractivity contribution in [2.75, 3.05) is 25.1 Å².